The molecule has 1 fully saturated rings. The lowest BCUT2D eigenvalue weighted by molar-refractivity contribution is 0.253. The predicted molar refractivity (Wildman–Crippen MR) is 109 cm³/mol. The molecule has 4 rings (SSSR count). The number of nitrogens with zero attached hydrogens (tertiary/aromatic N) is 3. The maximum absolute atomic E-state index is 6.16. The Morgan fingerprint density at radius 3 is 2.85 bits per heavy atom. The zero-order valence-electron chi connectivity index (χ0n) is 16.0. The normalized spacial score (nSPS) is 14.4. The van der Waals surface area contributed by atoms with Crippen molar-refractivity contribution in [2.24, 2.45) is 5.92 Å². The lowest BCUT2D eigenvalue weighted by Gasteiger charge is -2.13. The van der Waals surface area contributed by atoms with Gasteiger partial charge in [0.05, 0.1) is 18.5 Å². The fourth-order valence-electron chi connectivity index (χ4n) is 3.71. The van der Waals surface area contributed by atoms with Gasteiger partial charge in [0.1, 0.15) is 5.75 Å². The molecule has 5 heteroatoms. The van der Waals surface area contributed by atoms with E-state index in [-0.39, 0.29) is 0 Å². The number of aromatic nitrogens is 3. The molecule has 1 N–H and O–H groups in total. The van der Waals surface area contributed by atoms with Crippen LogP contribution in [-0.4, -0.2) is 28.4 Å². The van der Waals surface area contributed by atoms with Crippen molar-refractivity contribution in [1.82, 2.24) is 14.8 Å². The Morgan fingerprint density at radius 2 is 2.04 bits per heavy atom. The number of aryl methyl sites for hydroxylation is 1. The molecule has 0 bridgehead atoms. The molecule has 27 heavy (non-hydrogen) atoms. The van der Waals surface area contributed by atoms with Crippen LogP contribution in [0, 0.1) is 12.8 Å². The van der Waals surface area contributed by atoms with Crippen LogP contribution in [-0.2, 0) is 0 Å². The van der Waals surface area contributed by atoms with Gasteiger partial charge in [0.25, 0.3) is 0 Å². The Bertz CT molecular complexity index is 912. The number of hydrogen-bond acceptors (Lipinski definition) is 4. The Hall–Kier alpha value is -2.82. The van der Waals surface area contributed by atoms with Crippen LogP contribution in [0.3, 0.4) is 0 Å². The van der Waals surface area contributed by atoms with E-state index in [1.165, 1.54) is 31.2 Å². The van der Waals surface area contributed by atoms with Crippen molar-refractivity contribution >= 4 is 5.69 Å². The van der Waals surface area contributed by atoms with Crippen LogP contribution in [0.5, 0.6) is 5.75 Å². The summed E-state index contributed by atoms with van der Waals surface area (Å²) in [7, 11) is 1.92. The molecular formula is C22H26N4O. The minimum atomic E-state index is 0.681. The molecule has 1 saturated carbocycles. The number of rotatable bonds is 6. The molecule has 1 aliphatic carbocycles. The maximum Gasteiger partial charge on any atom is 0.130 e. The van der Waals surface area contributed by atoms with E-state index in [1.54, 1.807) is 6.20 Å². The number of benzene rings is 1. The van der Waals surface area contributed by atoms with Crippen molar-refractivity contribution in [3.63, 3.8) is 0 Å². The highest BCUT2D eigenvalue weighted by molar-refractivity contribution is 5.68. The molecule has 5 nitrogen and oxygen atoms in total. The van der Waals surface area contributed by atoms with Crippen molar-refractivity contribution in [2.45, 2.75) is 32.6 Å². The Labute approximate surface area is 160 Å². The third kappa shape index (κ3) is 3.82. The van der Waals surface area contributed by atoms with E-state index in [0.29, 0.717) is 5.92 Å². The summed E-state index contributed by atoms with van der Waals surface area (Å²) in [6.07, 6.45) is 12.8. The van der Waals surface area contributed by atoms with Crippen molar-refractivity contribution in [3.8, 4) is 22.6 Å². The molecule has 2 aromatic heterocycles. The summed E-state index contributed by atoms with van der Waals surface area (Å²) in [4.78, 5) is 4.30. The molecule has 1 aromatic carbocycles. The predicted octanol–water partition coefficient (Wildman–Crippen LogP) is 4.85. The van der Waals surface area contributed by atoms with Gasteiger partial charge in [0.15, 0.2) is 0 Å². The molecule has 140 valence electrons. The molecule has 0 atom stereocenters. The van der Waals surface area contributed by atoms with E-state index in [2.05, 4.69) is 40.5 Å². The van der Waals surface area contributed by atoms with Crippen molar-refractivity contribution in [1.29, 1.82) is 0 Å². The first-order chi connectivity index (χ1) is 13.2. The van der Waals surface area contributed by atoms with E-state index in [0.717, 1.165) is 34.9 Å². The fourth-order valence-corrected chi connectivity index (χ4v) is 3.71. The smallest absolute Gasteiger partial charge is 0.130 e. The van der Waals surface area contributed by atoms with Gasteiger partial charge in [0, 0.05) is 42.5 Å². The quantitative estimate of drug-likeness (QED) is 0.681. The van der Waals surface area contributed by atoms with Crippen molar-refractivity contribution in [2.75, 3.05) is 19.0 Å². The highest BCUT2D eigenvalue weighted by Gasteiger charge is 2.17. The molecule has 0 unspecified atom stereocenters. The molecule has 0 radical (unpaired) electrons. The minimum Gasteiger partial charge on any atom is -0.493 e. The van der Waals surface area contributed by atoms with Gasteiger partial charge in [-0.05, 0) is 49.4 Å². The second-order valence-corrected chi connectivity index (χ2v) is 7.26. The van der Waals surface area contributed by atoms with Gasteiger partial charge in [0.2, 0.25) is 0 Å². The number of ether oxygens (including phenoxy) is 1. The largest absolute Gasteiger partial charge is 0.493 e. The summed E-state index contributed by atoms with van der Waals surface area (Å²) in [5.41, 5.74) is 5.30. The Balaban J connectivity index is 1.60. The number of pyridine rings is 1. The van der Waals surface area contributed by atoms with Crippen molar-refractivity contribution < 1.29 is 4.74 Å². The molecule has 0 saturated heterocycles. The number of anilines is 1. The average molecular weight is 362 g/mol. The third-order valence-corrected chi connectivity index (χ3v) is 5.37. The van der Waals surface area contributed by atoms with Crippen LogP contribution >= 0.6 is 0 Å². The minimum absolute atomic E-state index is 0.681. The SMILES string of the molecule is CNc1ccc(C)c(-n2cc(-c3cnccc3OCC3CCCC3)cn2)c1. The van der Waals surface area contributed by atoms with E-state index in [1.807, 2.05) is 36.4 Å². The van der Waals surface area contributed by atoms with Gasteiger partial charge in [-0.2, -0.15) is 5.10 Å². The van der Waals surface area contributed by atoms with Crippen LogP contribution in [0.25, 0.3) is 16.8 Å². The molecule has 0 aliphatic heterocycles. The van der Waals surface area contributed by atoms with Crippen LogP contribution in [0.2, 0.25) is 0 Å². The van der Waals surface area contributed by atoms with Crippen molar-refractivity contribution in [3.05, 3.63) is 54.6 Å². The highest BCUT2D eigenvalue weighted by Crippen LogP contribution is 2.32. The summed E-state index contributed by atoms with van der Waals surface area (Å²) in [5, 5.41) is 7.77. The highest BCUT2D eigenvalue weighted by atomic mass is 16.5. The standard InChI is InChI=1S/C22H26N4O/c1-16-7-8-19(23-2)11-21(16)26-14-18(12-25-26)20-13-24-10-9-22(20)27-15-17-5-3-4-6-17/h7-14,17,23H,3-6,15H2,1-2H3. The summed E-state index contributed by atoms with van der Waals surface area (Å²) in [6.45, 7) is 2.88. The van der Waals surface area contributed by atoms with Crippen LogP contribution in [0.4, 0.5) is 5.69 Å². The van der Waals surface area contributed by atoms with Crippen LogP contribution < -0.4 is 10.1 Å². The summed E-state index contributed by atoms with van der Waals surface area (Å²) in [5.74, 6) is 1.57. The van der Waals surface area contributed by atoms with Gasteiger partial charge >= 0.3 is 0 Å². The molecule has 3 aromatic rings. The Morgan fingerprint density at radius 1 is 1.19 bits per heavy atom. The molecular weight excluding hydrogens is 336 g/mol. The number of nitrogens with one attached hydrogen (secondary N) is 1. The fraction of sp³-hybridized carbons (Fsp3) is 0.364. The van der Waals surface area contributed by atoms with Gasteiger partial charge in [-0.15, -0.1) is 0 Å². The monoisotopic (exact) mass is 362 g/mol. The van der Waals surface area contributed by atoms with E-state index in [9.17, 15) is 0 Å². The maximum atomic E-state index is 6.16. The van der Waals surface area contributed by atoms with Gasteiger partial charge in [-0.3, -0.25) is 4.98 Å². The summed E-state index contributed by atoms with van der Waals surface area (Å²) < 4.78 is 8.08. The molecule has 1 aliphatic rings. The van der Waals surface area contributed by atoms with E-state index < -0.39 is 0 Å². The molecule has 0 amide bonds. The van der Waals surface area contributed by atoms with Gasteiger partial charge in [-0.1, -0.05) is 18.9 Å². The lowest BCUT2D eigenvalue weighted by atomic mass is 10.1. The van der Waals surface area contributed by atoms with Gasteiger partial charge < -0.3 is 10.1 Å². The second-order valence-electron chi connectivity index (χ2n) is 7.26. The average Bonchev–Trinajstić information content (AvgIpc) is 3.39. The van der Waals surface area contributed by atoms with E-state index >= 15 is 0 Å². The zero-order valence-corrected chi connectivity index (χ0v) is 16.0. The van der Waals surface area contributed by atoms with E-state index in [4.69, 9.17) is 4.74 Å². The summed E-state index contributed by atoms with van der Waals surface area (Å²) >= 11 is 0. The number of hydrogen-bond donors (Lipinski definition) is 1. The molecule has 2 heterocycles. The topological polar surface area (TPSA) is 52.0 Å². The first-order valence-corrected chi connectivity index (χ1v) is 9.65. The second kappa shape index (κ2) is 7.82. The van der Waals surface area contributed by atoms with Crippen LogP contribution in [0.1, 0.15) is 31.2 Å². The zero-order chi connectivity index (χ0) is 18.6. The molecule has 0 spiro atoms. The first kappa shape index (κ1) is 17.6. The Kier molecular flexibility index (Phi) is 5.10. The third-order valence-electron chi connectivity index (χ3n) is 5.37. The lowest BCUT2D eigenvalue weighted by Crippen LogP contribution is -2.08. The van der Waals surface area contributed by atoms with Crippen LogP contribution in [0.15, 0.2) is 49.1 Å². The van der Waals surface area contributed by atoms with Gasteiger partial charge in [-0.25, -0.2) is 4.68 Å². The first-order valence-electron chi connectivity index (χ1n) is 9.65. The summed E-state index contributed by atoms with van der Waals surface area (Å²) in [6, 6.07) is 8.23.